The normalized spacial score (nSPS) is 14.1. The first-order valence-corrected chi connectivity index (χ1v) is 6.48. The van der Waals surface area contributed by atoms with Crippen LogP contribution in [0.3, 0.4) is 0 Å². The molecule has 1 unspecified atom stereocenters. The molecule has 0 spiro atoms. The molecule has 0 fully saturated rings. The number of hydrogen-bond donors (Lipinski definition) is 1. The maximum absolute atomic E-state index is 13.3. The number of rotatable bonds is 4. The number of aryl methyl sites for hydroxylation is 1. The summed E-state index contributed by atoms with van der Waals surface area (Å²) in [5.74, 6) is -0.254. The van der Waals surface area contributed by atoms with Crippen LogP contribution in [-0.4, -0.2) is 10.7 Å². The molecule has 0 radical (unpaired) electrons. The van der Waals surface area contributed by atoms with E-state index in [2.05, 4.69) is 0 Å². The summed E-state index contributed by atoms with van der Waals surface area (Å²) in [6.07, 6.45) is 1.01. The van der Waals surface area contributed by atoms with Crippen LogP contribution in [0.25, 0.3) is 0 Å². The monoisotopic (exact) mass is 258 g/mol. The smallest absolute Gasteiger partial charge is 0.123 e. The third-order valence-corrected chi connectivity index (χ3v) is 3.31. The van der Waals surface area contributed by atoms with E-state index in [4.69, 9.17) is 0 Å². The fraction of sp³-hybridized carbons (Fsp3) is 0.294. The van der Waals surface area contributed by atoms with Crippen molar-refractivity contribution in [2.75, 3.05) is 0 Å². The summed E-state index contributed by atoms with van der Waals surface area (Å²) in [6.45, 7) is 3.73. The van der Waals surface area contributed by atoms with E-state index in [1.165, 1.54) is 12.1 Å². The molecule has 0 saturated heterocycles. The van der Waals surface area contributed by atoms with Crippen molar-refractivity contribution in [3.05, 3.63) is 71.0 Å². The van der Waals surface area contributed by atoms with Crippen molar-refractivity contribution >= 4 is 0 Å². The van der Waals surface area contributed by atoms with Crippen molar-refractivity contribution in [3.63, 3.8) is 0 Å². The summed E-state index contributed by atoms with van der Waals surface area (Å²) in [6, 6.07) is 14.6. The van der Waals surface area contributed by atoms with Gasteiger partial charge in [-0.05, 0) is 42.7 Å². The second kappa shape index (κ2) is 5.54. The van der Waals surface area contributed by atoms with Crippen molar-refractivity contribution in [3.8, 4) is 0 Å². The zero-order valence-electron chi connectivity index (χ0n) is 11.4. The van der Waals surface area contributed by atoms with Gasteiger partial charge in [0.25, 0.3) is 0 Å². The first-order chi connectivity index (χ1) is 8.96. The molecule has 2 aromatic carbocycles. The molecule has 0 saturated carbocycles. The highest BCUT2D eigenvalue weighted by Gasteiger charge is 2.22. The Morgan fingerprint density at radius 1 is 1.05 bits per heavy atom. The van der Waals surface area contributed by atoms with Crippen LogP contribution in [-0.2, 0) is 12.8 Å². The van der Waals surface area contributed by atoms with Crippen molar-refractivity contribution in [2.45, 2.75) is 32.3 Å². The van der Waals surface area contributed by atoms with Crippen LogP contribution in [0.15, 0.2) is 48.5 Å². The van der Waals surface area contributed by atoms with Gasteiger partial charge in [0.1, 0.15) is 5.82 Å². The molecule has 1 atom stereocenters. The first-order valence-electron chi connectivity index (χ1n) is 6.48. The Hall–Kier alpha value is -1.67. The molecule has 1 nitrogen and oxygen atoms in total. The average molecular weight is 258 g/mol. The highest BCUT2D eigenvalue weighted by atomic mass is 19.1. The van der Waals surface area contributed by atoms with Crippen LogP contribution in [0.1, 0.15) is 23.6 Å². The van der Waals surface area contributed by atoms with Gasteiger partial charge in [-0.2, -0.15) is 0 Å². The van der Waals surface area contributed by atoms with Gasteiger partial charge in [0.05, 0.1) is 5.60 Å². The fourth-order valence-corrected chi connectivity index (χ4v) is 2.34. The predicted molar refractivity (Wildman–Crippen MR) is 75.6 cm³/mol. The average Bonchev–Trinajstić information content (AvgIpc) is 2.34. The van der Waals surface area contributed by atoms with Gasteiger partial charge in [-0.15, -0.1) is 0 Å². The Kier molecular flexibility index (Phi) is 4.01. The zero-order chi connectivity index (χ0) is 13.9. The zero-order valence-corrected chi connectivity index (χ0v) is 11.4. The molecule has 2 heteroatoms. The second-order valence-electron chi connectivity index (χ2n) is 5.41. The van der Waals surface area contributed by atoms with E-state index < -0.39 is 5.60 Å². The number of benzene rings is 2. The standard InChI is InChI=1S/C17H19FO/c1-13-8-9-16(18)10-15(13)12-17(2,19)11-14-6-4-3-5-7-14/h3-10,19H,11-12H2,1-2H3. The lowest BCUT2D eigenvalue weighted by Crippen LogP contribution is -2.30. The maximum Gasteiger partial charge on any atom is 0.123 e. The molecule has 2 aromatic rings. The molecular formula is C17H19FO. The number of halogens is 1. The molecule has 100 valence electrons. The summed E-state index contributed by atoms with van der Waals surface area (Å²) in [4.78, 5) is 0. The second-order valence-corrected chi connectivity index (χ2v) is 5.41. The van der Waals surface area contributed by atoms with Gasteiger partial charge in [0.15, 0.2) is 0 Å². The van der Waals surface area contributed by atoms with Crippen molar-refractivity contribution < 1.29 is 9.50 Å². The van der Waals surface area contributed by atoms with Gasteiger partial charge in [-0.1, -0.05) is 36.4 Å². The van der Waals surface area contributed by atoms with Crippen molar-refractivity contribution in [1.29, 1.82) is 0 Å². The summed E-state index contributed by atoms with van der Waals surface area (Å²) in [5.41, 5.74) is 2.08. The largest absolute Gasteiger partial charge is 0.389 e. The topological polar surface area (TPSA) is 20.2 Å². The molecule has 1 N–H and O–H groups in total. The Morgan fingerprint density at radius 2 is 1.74 bits per heavy atom. The minimum Gasteiger partial charge on any atom is -0.389 e. The molecule has 0 heterocycles. The van der Waals surface area contributed by atoms with Crippen LogP contribution in [0.5, 0.6) is 0 Å². The SMILES string of the molecule is Cc1ccc(F)cc1CC(C)(O)Cc1ccccc1. The molecule has 2 rings (SSSR count). The fourth-order valence-electron chi connectivity index (χ4n) is 2.34. The summed E-state index contributed by atoms with van der Waals surface area (Å²) < 4.78 is 13.3. The van der Waals surface area contributed by atoms with Crippen LogP contribution >= 0.6 is 0 Å². The van der Waals surface area contributed by atoms with Crippen LogP contribution in [0.4, 0.5) is 4.39 Å². The molecule has 0 aliphatic rings. The Balaban J connectivity index is 2.14. The van der Waals surface area contributed by atoms with Crippen LogP contribution < -0.4 is 0 Å². The minimum atomic E-state index is -0.875. The molecule has 19 heavy (non-hydrogen) atoms. The van der Waals surface area contributed by atoms with E-state index in [0.29, 0.717) is 12.8 Å². The highest BCUT2D eigenvalue weighted by Crippen LogP contribution is 2.21. The first kappa shape index (κ1) is 13.8. The third kappa shape index (κ3) is 3.90. The van der Waals surface area contributed by atoms with Gasteiger partial charge in [0.2, 0.25) is 0 Å². The molecule has 0 bridgehead atoms. The van der Waals surface area contributed by atoms with E-state index in [0.717, 1.165) is 16.7 Å². The van der Waals surface area contributed by atoms with Crippen LogP contribution in [0.2, 0.25) is 0 Å². The van der Waals surface area contributed by atoms with Crippen molar-refractivity contribution in [2.24, 2.45) is 0 Å². The van der Waals surface area contributed by atoms with Gasteiger partial charge >= 0.3 is 0 Å². The Labute approximate surface area is 113 Å². The molecule has 0 aliphatic carbocycles. The van der Waals surface area contributed by atoms with Gasteiger partial charge in [0, 0.05) is 12.8 Å². The Bertz CT molecular complexity index is 546. The number of aliphatic hydroxyl groups is 1. The maximum atomic E-state index is 13.3. The summed E-state index contributed by atoms with van der Waals surface area (Å²) >= 11 is 0. The third-order valence-electron chi connectivity index (χ3n) is 3.31. The van der Waals surface area contributed by atoms with E-state index in [1.807, 2.05) is 37.3 Å². The van der Waals surface area contributed by atoms with E-state index in [1.54, 1.807) is 13.0 Å². The van der Waals surface area contributed by atoms with E-state index in [-0.39, 0.29) is 5.82 Å². The summed E-state index contributed by atoms with van der Waals surface area (Å²) in [5, 5.41) is 10.5. The van der Waals surface area contributed by atoms with Gasteiger partial charge in [-0.3, -0.25) is 0 Å². The minimum absolute atomic E-state index is 0.254. The molecular weight excluding hydrogens is 239 g/mol. The van der Waals surface area contributed by atoms with Crippen molar-refractivity contribution in [1.82, 2.24) is 0 Å². The summed E-state index contributed by atoms with van der Waals surface area (Å²) in [7, 11) is 0. The van der Waals surface area contributed by atoms with E-state index >= 15 is 0 Å². The van der Waals surface area contributed by atoms with Crippen LogP contribution in [0, 0.1) is 12.7 Å². The lowest BCUT2D eigenvalue weighted by Gasteiger charge is -2.24. The lowest BCUT2D eigenvalue weighted by molar-refractivity contribution is 0.0606. The molecule has 0 aliphatic heterocycles. The quantitative estimate of drug-likeness (QED) is 0.887. The lowest BCUT2D eigenvalue weighted by atomic mass is 9.88. The number of hydrogen-bond acceptors (Lipinski definition) is 1. The highest BCUT2D eigenvalue weighted by molar-refractivity contribution is 5.28. The van der Waals surface area contributed by atoms with E-state index in [9.17, 15) is 9.50 Å². The Morgan fingerprint density at radius 3 is 2.42 bits per heavy atom. The molecule has 0 aromatic heterocycles. The van der Waals surface area contributed by atoms with Gasteiger partial charge in [-0.25, -0.2) is 4.39 Å². The molecule has 0 amide bonds. The predicted octanol–water partition coefficient (Wildman–Crippen LogP) is 3.67. The van der Waals surface area contributed by atoms with Gasteiger partial charge < -0.3 is 5.11 Å².